The minimum Gasteiger partial charge on any atom is -0.382 e. The van der Waals surface area contributed by atoms with Gasteiger partial charge in [0.1, 0.15) is 5.82 Å². The van der Waals surface area contributed by atoms with Crippen molar-refractivity contribution in [2.75, 3.05) is 5.73 Å². The summed E-state index contributed by atoms with van der Waals surface area (Å²) in [5, 5.41) is 6.81. The monoisotopic (exact) mass is 216 g/mol. The van der Waals surface area contributed by atoms with Crippen molar-refractivity contribution >= 4 is 27.4 Å². The number of hydrogen-bond donors (Lipinski definition) is 2. The van der Waals surface area contributed by atoms with Gasteiger partial charge in [-0.25, -0.2) is 4.98 Å². The van der Waals surface area contributed by atoms with E-state index in [9.17, 15) is 0 Å². The van der Waals surface area contributed by atoms with Gasteiger partial charge in [-0.3, -0.25) is 5.10 Å². The smallest absolute Gasteiger partial charge is 0.145 e. The van der Waals surface area contributed by atoms with Crippen molar-refractivity contribution in [3.63, 3.8) is 0 Å². The van der Waals surface area contributed by atoms with Gasteiger partial charge in [0.15, 0.2) is 0 Å². The zero-order valence-corrected chi connectivity index (χ0v) is 8.58. The zero-order chi connectivity index (χ0) is 10.3. The highest BCUT2D eigenvalue weighted by Gasteiger charge is 2.07. The standard InChI is InChI=1S/C10H8N4S/c11-9-4-7(13-14-9)6-2-1-3-8-10(6)12-5-15-8/h1-5H,(H3,11,13,14). The van der Waals surface area contributed by atoms with Crippen LogP contribution in [-0.4, -0.2) is 15.2 Å². The number of H-pyrrole nitrogens is 1. The molecule has 0 fully saturated rings. The van der Waals surface area contributed by atoms with E-state index in [4.69, 9.17) is 5.73 Å². The van der Waals surface area contributed by atoms with E-state index in [0.717, 1.165) is 16.8 Å². The molecule has 0 aliphatic heterocycles. The Labute approximate surface area is 89.8 Å². The number of aromatic amines is 1. The van der Waals surface area contributed by atoms with Gasteiger partial charge in [0.25, 0.3) is 0 Å². The molecule has 0 saturated heterocycles. The molecule has 74 valence electrons. The van der Waals surface area contributed by atoms with Crippen molar-refractivity contribution in [1.82, 2.24) is 15.2 Å². The van der Waals surface area contributed by atoms with Crippen LogP contribution in [0.1, 0.15) is 0 Å². The summed E-state index contributed by atoms with van der Waals surface area (Å²) in [5.74, 6) is 0.497. The van der Waals surface area contributed by atoms with Crippen molar-refractivity contribution in [2.24, 2.45) is 0 Å². The van der Waals surface area contributed by atoms with E-state index in [2.05, 4.69) is 21.2 Å². The minimum absolute atomic E-state index is 0.497. The molecule has 3 rings (SSSR count). The van der Waals surface area contributed by atoms with Gasteiger partial charge in [-0.05, 0) is 6.07 Å². The van der Waals surface area contributed by atoms with Gasteiger partial charge in [-0.2, -0.15) is 5.10 Å². The highest BCUT2D eigenvalue weighted by molar-refractivity contribution is 7.16. The van der Waals surface area contributed by atoms with E-state index in [0.29, 0.717) is 5.82 Å². The average Bonchev–Trinajstić information content (AvgIpc) is 2.84. The normalized spacial score (nSPS) is 10.9. The Balaban J connectivity index is 2.30. The van der Waals surface area contributed by atoms with Crippen LogP contribution in [0.5, 0.6) is 0 Å². The highest BCUT2D eigenvalue weighted by atomic mass is 32.1. The van der Waals surface area contributed by atoms with Gasteiger partial charge in [0.05, 0.1) is 21.4 Å². The molecule has 5 heteroatoms. The van der Waals surface area contributed by atoms with Crippen molar-refractivity contribution < 1.29 is 0 Å². The van der Waals surface area contributed by atoms with Crippen molar-refractivity contribution in [2.45, 2.75) is 0 Å². The number of nitrogens with one attached hydrogen (secondary N) is 1. The molecule has 2 heterocycles. The molecule has 0 amide bonds. The molecule has 0 atom stereocenters. The summed E-state index contributed by atoms with van der Waals surface area (Å²) < 4.78 is 1.17. The van der Waals surface area contributed by atoms with Gasteiger partial charge >= 0.3 is 0 Å². The van der Waals surface area contributed by atoms with Crippen molar-refractivity contribution in [3.05, 3.63) is 29.8 Å². The maximum atomic E-state index is 5.58. The fraction of sp³-hybridized carbons (Fsp3) is 0. The Morgan fingerprint density at radius 2 is 2.27 bits per heavy atom. The number of hydrogen-bond acceptors (Lipinski definition) is 4. The molecule has 0 saturated carbocycles. The third-order valence-electron chi connectivity index (χ3n) is 2.25. The molecule has 0 bridgehead atoms. The molecule has 4 nitrogen and oxygen atoms in total. The number of anilines is 1. The van der Waals surface area contributed by atoms with Gasteiger partial charge < -0.3 is 5.73 Å². The number of rotatable bonds is 1. The Hall–Kier alpha value is -1.88. The average molecular weight is 216 g/mol. The van der Waals surface area contributed by atoms with Crippen LogP contribution in [0, 0.1) is 0 Å². The molecule has 0 radical (unpaired) electrons. The largest absolute Gasteiger partial charge is 0.382 e. The Kier molecular flexibility index (Phi) is 1.72. The molecule has 1 aromatic carbocycles. The number of para-hydroxylation sites is 1. The first kappa shape index (κ1) is 8.43. The van der Waals surface area contributed by atoms with Crippen LogP contribution in [0.15, 0.2) is 29.8 Å². The van der Waals surface area contributed by atoms with E-state index in [1.807, 2.05) is 23.7 Å². The minimum atomic E-state index is 0.497. The van der Waals surface area contributed by atoms with E-state index in [1.165, 1.54) is 4.70 Å². The highest BCUT2D eigenvalue weighted by Crippen LogP contribution is 2.28. The summed E-state index contributed by atoms with van der Waals surface area (Å²) >= 11 is 1.63. The second-order valence-corrected chi connectivity index (χ2v) is 4.10. The maximum absolute atomic E-state index is 5.58. The lowest BCUT2D eigenvalue weighted by Gasteiger charge is -1.97. The summed E-state index contributed by atoms with van der Waals surface area (Å²) in [5.41, 5.74) is 10.4. The predicted octanol–water partition coefficient (Wildman–Crippen LogP) is 2.27. The first-order chi connectivity index (χ1) is 7.34. The summed E-state index contributed by atoms with van der Waals surface area (Å²) in [6, 6.07) is 7.88. The van der Waals surface area contributed by atoms with Crippen LogP contribution in [0.3, 0.4) is 0 Å². The number of nitrogen functional groups attached to an aromatic ring is 1. The molecule has 2 aromatic heterocycles. The molecule has 0 aliphatic carbocycles. The first-order valence-corrected chi connectivity index (χ1v) is 5.36. The molecule has 3 aromatic rings. The Bertz CT molecular complexity index is 610. The number of benzene rings is 1. The molecule has 0 unspecified atom stereocenters. The number of aromatic nitrogens is 3. The molecule has 0 aliphatic rings. The van der Waals surface area contributed by atoms with E-state index < -0.39 is 0 Å². The van der Waals surface area contributed by atoms with Crippen LogP contribution < -0.4 is 5.73 Å². The second-order valence-electron chi connectivity index (χ2n) is 3.21. The molecular formula is C10H8N4S. The summed E-state index contributed by atoms with van der Waals surface area (Å²) in [7, 11) is 0. The maximum Gasteiger partial charge on any atom is 0.145 e. The molecule has 3 N–H and O–H groups in total. The van der Waals surface area contributed by atoms with Gasteiger partial charge in [-0.1, -0.05) is 12.1 Å². The number of thiazole rings is 1. The predicted molar refractivity (Wildman–Crippen MR) is 61.6 cm³/mol. The van der Waals surface area contributed by atoms with Gasteiger partial charge in [0, 0.05) is 11.6 Å². The summed E-state index contributed by atoms with van der Waals surface area (Å²) in [6.45, 7) is 0. The zero-order valence-electron chi connectivity index (χ0n) is 7.77. The SMILES string of the molecule is Nc1cc(-c2cccc3scnc23)[nH]n1. The Morgan fingerprint density at radius 1 is 1.33 bits per heavy atom. The van der Waals surface area contributed by atoms with Crippen molar-refractivity contribution in [1.29, 1.82) is 0 Å². The fourth-order valence-electron chi connectivity index (χ4n) is 1.58. The van der Waals surface area contributed by atoms with Crippen LogP contribution >= 0.6 is 11.3 Å². The first-order valence-electron chi connectivity index (χ1n) is 4.48. The number of fused-ring (bicyclic) bond motifs is 1. The topological polar surface area (TPSA) is 67.6 Å². The van der Waals surface area contributed by atoms with Crippen LogP contribution in [0.2, 0.25) is 0 Å². The quantitative estimate of drug-likeness (QED) is 0.655. The fourth-order valence-corrected chi connectivity index (χ4v) is 2.28. The second kappa shape index (κ2) is 3.06. The van der Waals surface area contributed by atoms with E-state index in [-0.39, 0.29) is 0 Å². The lowest BCUT2D eigenvalue weighted by Crippen LogP contribution is -1.81. The number of nitrogens with two attached hydrogens (primary N) is 1. The third-order valence-corrected chi connectivity index (χ3v) is 3.04. The lowest BCUT2D eigenvalue weighted by atomic mass is 10.1. The Morgan fingerprint density at radius 3 is 3.07 bits per heavy atom. The number of nitrogens with zero attached hydrogens (tertiary/aromatic N) is 2. The van der Waals surface area contributed by atoms with E-state index >= 15 is 0 Å². The van der Waals surface area contributed by atoms with Gasteiger partial charge in [0.2, 0.25) is 0 Å². The molecule has 15 heavy (non-hydrogen) atoms. The van der Waals surface area contributed by atoms with Crippen LogP contribution in [0.25, 0.3) is 21.5 Å². The van der Waals surface area contributed by atoms with E-state index in [1.54, 1.807) is 11.3 Å². The van der Waals surface area contributed by atoms with Crippen LogP contribution in [-0.2, 0) is 0 Å². The summed E-state index contributed by atoms with van der Waals surface area (Å²) in [4.78, 5) is 4.33. The summed E-state index contributed by atoms with van der Waals surface area (Å²) in [6.07, 6.45) is 0. The van der Waals surface area contributed by atoms with Crippen molar-refractivity contribution in [3.8, 4) is 11.3 Å². The van der Waals surface area contributed by atoms with Gasteiger partial charge in [-0.15, -0.1) is 11.3 Å². The van der Waals surface area contributed by atoms with Crippen LogP contribution in [0.4, 0.5) is 5.82 Å². The third kappa shape index (κ3) is 1.28. The lowest BCUT2D eigenvalue weighted by molar-refractivity contribution is 1.10. The molecular weight excluding hydrogens is 208 g/mol. The molecule has 0 spiro atoms.